The van der Waals surface area contributed by atoms with Gasteiger partial charge < -0.3 is 9.30 Å². The third-order valence-corrected chi connectivity index (χ3v) is 8.52. The van der Waals surface area contributed by atoms with Crippen LogP contribution in [0.15, 0.2) is 60.7 Å². The summed E-state index contributed by atoms with van der Waals surface area (Å²) in [6.07, 6.45) is -0.507. The molecular formula is C20H22F2IO3P. The zero-order chi connectivity index (χ0) is 19.9. The van der Waals surface area contributed by atoms with E-state index in [0.29, 0.717) is 21.5 Å². The summed E-state index contributed by atoms with van der Waals surface area (Å²) in [5.41, 5.74) is -0.876. The molecule has 0 aliphatic rings. The van der Waals surface area contributed by atoms with Crippen molar-refractivity contribution in [3.8, 4) is 0 Å². The molecule has 0 aliphatic carbocycles. The Bertz CT molecular complexity index is 741. The Hall–Kier alpha value is -1.27. The molecule has 0 amide bonds. The van der Waals surface area contributed by atoms with Gasteiger partial charge in [0.15, 0.2) is 0 Å². The lowest BCUT2D eigenvalue weighted by molar-refractivity contribution is -0.172. The number of carbonyl (C=O) groups excluding carboxylic acids is 1. The fourth-order valence-electron chi connectivity index (χ4n) is 3.02. The average Bonchev–Trinajstić information content (AvgIpc) is 2.68. The monoisotopic (exact) mass is 506 g/mol. The van der Waals surface area contributed by atoms with Crippen molar-refractivity contribution in [3.05, 3.63) is 60.7 Å². The predicted octanol–water partition coefficient (Wildman–Crippen LogP) is 4.78. The molecule has 0 radical (unpaired) electrons. The number of ether oxygens (including phenoxy) is 1. The Labute approximate surface area is 172 Å². The van der Waals surface area contributed by atoms with Crippen molar-refractivity contribution in [3.63, 3.8) is 0 Å². The van der Waals surface area contributed by atoms with Gasteiger partial charge in [0.1, 0.15) is 7.14 Å². The fourth-order valence-corrected chi connectivity index (χ4v) is 7.62. The Morgan fingerprint density at radius 2 is 1.56 bits per heavy atom. The summed E-state index contributed by atoms with van der Waals surface area (Å²) in [4.78, 5) is 11.7. The summed E-state index contributed by atoms with van der Waals surface area (Å²) in [6.45, 7) is 1.36. The second-order valence-corrected chi connectivity index (χ2v) is 10.2. The van der Waals surface area contributed by atoms with Crippen molar-refractivity contribution in [2.24, 2.45) is 0 Å². The van der Waals surface area contributed by atoms with E-state index in [0.717, 1.165) is 0 Å². The Kier molecular flexibility index (Phi) is 7.98. The molecule has 1 unspecified atom stereocenters. The number of carbonyl (C=O) groups is 1. The van der Waals surface area contributed by atoms with Crippen molar-refractivity contribution >= 4 is 46.3 Å². The standard InChI is InChI=1S/C20H22F2IO3P/c1-2-26-19(24)20(21,22)15-18(13-14-23)27(25,16-9-5-3-6-10-16)17-11-7-4-8-12-17/h3-12,18H,2,13-15H2,1H3. The zero-order valence-electron chi connectivity index (χ0n) is 15.0. The molecule has 7 heteroatoms. The van der Waals surface area contributed by atoms with Gasteiger partial charge in [-0.2, -0.15) is 8.78 Å². The van der Waals surface area contributed by atoms with E-state index in [1.54, 1.807) is 60.7 Å². The number of hydrogen-bond acceptors (Lipinski definition) is 3. The van der Waals surface area contributed by atoms with Crippen LogP contribution in [0, 0.1) is 0 Å². The number of alkyl halides is 3. The summed E-state index contributed by atoms with van der Waals surface area (Å²) in [6, 6.07) is 17.4. The molecule has 2 rings (SSSR count). The summed E-state index contributed by atoms with van der Waals surface area (Å²) in [5.74, 6) is -5.25. The maximum Gasteiger partial charge on any atom is 0.376 e. The lowest BCUT2D eigenvalue weighted by Gasteiger charge is -2.30. The van der Waals surface area contributed by atoms with E-state index in [1.807, 2.05) is 0 Å². The molecule has 0 saturated heterocycles. The first-order valence-electron chi connectivity index (χ1n) is 8.68. The van der Waals surface area contributed by atoms with Gasteiger partial charge in [-0.3, -0.25) is 0 Å². The molecule has 0 saturated carbocycles. The van der Waals surface area contributed by atoms with E-state index in [2.05, 4.69) is 27.3 Å². The summed E-state index contributed by atoms with van der Waals surface area (Å²) in [5, 5.41) is 1.04. The highest BCUT2D eigenvalue weighted by atomic mass is 127. The molecule has 0 aliphatic heterocycles. The van der Waals surface area contributed by atoms with Crippen molar-refractivity contribution in [2.45, 2.75) is 31.3 Å². The SMILES string of the molecule is CCOC(=O)C(F)(F)CC(CCI)P(=O)(c1ccccc1)c1ccccc1. The van der Waals surface area contributed by atoms with Crippen LogP contribution in [0.2, 0.25) is 0 Å². The lowest BCUT2D eigenvalue weighted by atomic mass is 10.1. The highest BCUT2D eigenvalue weighted by Crippen LogP contribution is 2.53. The molecule has 0 N–H and O–H groups in total. The predicted molar refractivity (Wildman–Crippen MR) is 113 cm³/mol. The van der Waals surface area contributed by atoms with E-state index < -0.39 is 31.1 Å². The highest BCUT2D eigenvalue weighted by molar-refractivity contribution is 14.1. The quantitative estimate of drug-likeness (QED) is 0.213. The molecule has 2 aromatic carbocycles. The molecule has 3 nitrogen and oxygen atoms in total. The van der Waals surface area contributed by atoms with Crippen LogP contribution in [0.1, 0.15) is 19.8 Å². The third-order valence-electron chi connectivity index (χ3n) is 4.30. The molecule has 0 spiro atoms. The van der Waals surface area contributed by atoms with E-state index in [1.165, 1.54) is 6.92 Å². The number of benzene rings is 2. The van der Waals surface area contributed by atoms with Gasteiger partial charge in [-0.1, -0.05) is 83.3 Å². The molecule has 0 aromatic heterocycles. The van der Waals surface area contributed by atoms with Crippen molar-refractivity contribution in [1.29, 1.82) is 0 Å². The van der Waals surface area contributed by atoms with Gasteiger partial charge in [0.25, 0.3) is 0 Å². The smallest absolute Gasteiger partial charge is 0.376 e. The van der Waals surface area contributed by atoms with Crippen LogP contribution in [0.5, 0.6) is 0 Å². The minimum Gasteiger partial charge on any atom is -0.462 e. The first kappa shape index (κ1) is 22.0. The van der Waals surface area contributed by atoms with Crippen LogP contribution in [0.25, 0.3) is 0 Å². The number of halogens is 3. The molecule has 1 atom stereocenters. The summed E-state index contributed by atoms with van der Waals surface area (Å²) in [7, 11) is -3.40. The molecule has 2 aromatic rings. The number of rotatable bonds is 9. The minimum atomic E-state index is -3.69. The molecule has 146 valence electrons. The van der Waals surface area contributed by atoms with Crippen LogP contribution < -0.4 is 10.6 Å². The van der Waals surface area contributed by atoms with Gasteiger partial charge in [-0.15, -0.1) is 0 Å². The summed E-state index contributed by atoms with van der Waals surface area (Å²) >= 11 is 2.08. The van der Waals surface area contributed by atoms with E-state index in [-0.39, 0.29) is 6.61 Å². The Morgan fingerprint density at radius 1 is 1.07 bits per heavy atom. The van der Waals surface area contributed by atoms with E-state index >= 15 is 0 Å². The first-order chi connectivity index (χ1) is 12.9. The highest BCUT2D eigenvalue weighted by Gasteiger charge is 2.48. The topological polar surface area (TPSA) is 43.4 Å². The maximum atomic E-state index is 14.5. The van der Waals surface area contributed by atoms with Gasteiger partial charge in [-0.05, 0) is 13.3 Å². The van der Waals surface area contributed by atoms with Crippen molar-refractivity contribution in [1.82, 2.24) is 0 Å². The molecule has 0 heterocycles. The van der Waals surface area contributed by atoms with Gasteiger partial charge in [0.2, 0.25) is 0 Å². The van der Waals surface area contributed by atoms with E-state index in [4.69, 9.17) is 0 Å². The Morgan fingerprint density at radius 3 is 1.96 bits per heavy atom. The van der Waals surface area contributed by atoms with Gasteiger partial charge in [-0.25, -0.2) is 4.79 Å². The van der Waals surface area contributed by atoms with Crippen molar-refractivity contribution in [2.75, 3.05) is 11.0 Å². The molecule has 0 bridgehead atoms. The molecular weight excluding hydrogens is 484 g/mol. The van der Waals surface area contributed by atoms with Gasteiger partial charge >= 0.3 is 11.9 Å². The van der Waals surface area contributed by atoms with Gasteiger partial charge in [0, 0.05) is 27.1 Å². The third kappa shape index (κ3) is 5.17. The lowest BCUT2D eigenvalue weighted by Crippen LogP contribution is -2.37. The van der Waals surface area contributed by atoms with Gasteiger partial charge in [0.05, 0.1) is 6.61 Å². The summed E-state index contributed by atoms with van der Waals surface area (Å²) < 4.78 is 48.4. The van der Waals surface area contributed by atoms with Crippen LogP contribution in [-0.2, 0) is 14.1 Å². The van der Waals surface area contributed by atoms with Crippen molar-refractivity contribution < 1.29 is 22.9 Å². The van der Waals surface area contributed by atoms with Crippen LogP contribution >= 0.6 is 29.7 Å². The normalized spacial score (nSPS) is 13.2. The Balaban J connectivity index is 2.54. The second kappa shape index (κ2) is 9.78. The van der Waals surface area contributed by atoms with Crippen LogP contribution in [0.3, 0.4) is 0 Å². The van der Waals surface area contributed by atoms with Crippen LogP contribution in [-0.4, -0.2) is 28.6 Å². The fraction of sp³-hybridized carbons (Fsp3) is 0.350. The second-order valence-electron chi connectivity index (χ2n) is 6.09. The largest absolute Gasteiger partial charge is 0.462 e. The first-order valence-corrected chi connectivity index (χ1v) is 12.0. The van der Waals surface area contributed by atoms with Crippen LogP contribution in [0.4, 0.5) is 8.78 Å². The zero-order valence-corrected chi connectivity index (χ0v) is 18.0. The minimum absolute atomic E-state index is 0.125. The van der Waals surface area contributed by atoms with E-state index in [9.17, 15) is 18.1 Å². The number of esters is 1. The number of hydrogen-bond donors (Lipinski definition) is 0. The average molecular weight is 506 g/mol. The molecule has 27 heavy (non-hydrogen) atoms. The molecule has 0 fully saturated rings. The maximum absolute atomic E-state index is 14.5.